The second kappa shape index (κ2) is 5.80. The first kappa shape index (κ1) is 12.8. The van der Waals surface area contributed by atoms with E-state index in [9.17, 15) is 0 Å². The minimum atomic E-state index is 0.431. The van der Waals surface area contributed by atoms with Gasteiger partial charge >= 0.3 is 0 Å². The van der Waals surface area contributed by atoms with Crippen molar-refractivity contribution in [1.82, 2.24) is 15.0 Å². The van der Waals surface area contributed by atoms with Gasteiger partial charge in [-0.25, -0.2) is 0 Å². The van der Waals surface area contributed by atoms with E-state index >= 15 is 0 Å². The summed E-state index contributed by atoms with van der Waals surface area (Å²) < 4.78 is 0. The third-order valence-corrected chi connectivity index (χ3v) is 3.35. The van der Waals surface area contributed by atoms with E-state index in [1.54, 1.807) is 18.6 Å². The molecule has 0 radical (unpaired) electrons. The summed E-state index contributed by atoms with van der Waals surface area (Å²) in [6.07, 6.45) is 8.95. The van der Waals surface area contributed by atoms with Crippen LogP contribution >= 0.6 is 11.6 Å². The summed E-state index contributed by atoms with van der Waals surface area (Å²) in [5.41, 5.74) is 4.93. The summed E-state index contributed by atoms with van der Waals surface area (Å²) in [5, 5.41) is 0. The number of nitrogens with zero attached hydrogens (tertiary/aromatic N) is 3. The zero-order valence-corrected chi connectivity index (χ0v) is 11.5. The number of rotatable bonds is 3. The van der Waals surface area contributed by atoms with Gasteiger partial charge in [0.15, 0.2) is 0 Å². The van der Waals surface area contributed by atoms with Gasteiger partial charge in [0, 0.05) is 53.6 Å². The van der Waals surface area contributed by atoms with Crippen molar-refractivity contribution >= 4 is 11.6 Å². The molecule has 0 saturated carbocycles. The predicted molar refractivity (Wildman–Crippen MR) is 80.3 cm³/mol. The number of hydrogen-bond acceptors (Lipinski definition) is 3. The van der Waals surface area contributed by atoms with Crippen LogP contribution < -0.4 is 0 Å². The van der Waals surface area contributed by atoms with Crippen molar-refractivity contribution in [3.8, 4) is 22.4 Å². The summed E-state index contributed by atoms with van der Waals surface area (Å²) in [4.78, 5) is 12.8. The number of alkyl halides is 1. The molecule has 0 aliphatic rings. The van der Waals surface area contributed by atoms with Crippen molar-refractivity contribution in [1.29, 1.82) is 0 Å². The standard InChI is InChI=1S/C16H12ClN3/c17-8-14-7-16(13-4-2-6-19-10-13)20-11-15(14)12-3-1-5-18-9-12/h1-7,9-11H,8H2. The van der Waals surface area contributed by atoms with Crippen LogP contribution in [-0.2, 0) is 5.88 Å². The van der Waals surface area contributed by atoms with Gasteiger partial charge in [-0.1, -0.05) is 6.07 Å². The Labute approximate surface area is 122 Å². The number of halogens is 1. The molecule has 3 heterocycles. The topological polar surface area (TPSA) is 38.7 Å². The summed E-state index contributed by atoms with van der Waals surface area (Å²) >= 11 is 6.08. The first-order valence-corrected chi connectivity index (χ1v) is 6.77. The molecule has 0 aliphatic heterocycles. The summed E-state index contributed by atoms with van der Waals surface area (Å²) in [7, 11) is 0. The molecule has 0 fully saturated rings. The van der Waals surface area contributed by atoms with Crippen LogP contribution in [0.3, 0.4) is 0 Å². The minimum absolute atomic E-state index is 0.431. The number of hydrogen-bond donors (Lipinski definition) is 0. The van der Waals surface area contributed by atoms with Crippen LogP contribution in [0.5, 0.6) is 0 Å². The van der Waals surface area contributed by atoms with Gasteiger partial charge in [0.1, 0.15) is 0 Å². The Balaban J connectivity index is 2.07. The summed E-state index contributed by atoms with van der Waals surface area (Å²) in [6.45, 7) is 0. The molecule has 20 heavy (non-hydrogen) atoms. The smallest absolute Gasteiger partial charge is 0.0721 e. The van der Waals surface area contributed by atoms with Crippen molar-refractivity contribution in [3.05, 3.63) is 66.9 Å². The highest BCUT2D eigenvalue weighted by Gasteiger charge is 2.08. The Bertz CT molecular complexity index is 699. The monoisotopic (exact) mass is 281 g/mol. The van der Waals surface area contributed by atoms with Crippen molar-refractivity contribution in [3.63, 3.8) is 0 Å². The largest absolute Gasteiger partial charge is 0.264 e. The van der Waals surface area contributed by atoms with E-state index in [0.717, 1.165) is 27.9 Å². The fourth-order valence-electron chi connectivity index (χ4n) is 2.06. The van der Waals surface area contributed by atoms with E-state index < -0.39 is 0 Å². The Kier molecular flexibility index (Phi) is 3.70. The average Bonchev–Trinajstić information content (AvgIpc) is 2.56. The van der Waals surface area contributed by atoms with Gasteiger partial charge in [0.2, 0.25) is 0 Å². The Morgan fingerprint density at radius 2 is 1.60 bits per heavy atom. The lowest BCUT2D eigenvalue weighted by Crippen LogP contribution is -1.92. The molecule has 0 amide bonds. The minimum Gasteiger partial charge on any atom is -0.264 e. The molecule has 0 atom stereocenters. The molecule has 0 aliphatic carbocycles. The first-order valence-electron chi connectivity index (χ1n) is 6.24. The van der Waals surface area contributed by atoms with E-state index in [1.165, 1.54) is 0 Å². The van der Waals surface area contributed by atoms with E-state index in [-0.39, 0.29) is 0 Å². The van der Waals surface area contributed by atoms with Crippen LogP contribution in [0.1, 0.15) is 5.56 Å². The number of aromatic nitrogens is 3. The van der Waals surface area contributed by atoms with Crippen LogP contribution in [0, 0.1) is 0 Å². The first-order chi connectivity index (χ1) is 9.88. The third-order valence-electron chi connectivity index (χ3n) is 3.06. The van der Waals surface area contributed by atoms with E-state index in [2.05, 4.69) is 15.0 Å². The lowest BCUT2D eigenvalue weighted by Gasteiger charge is -2.09. The highest BCUT2D eigenvalue weighted by molar-refractivity contribution is 6.17. The Morgan fingerprint density at radius 1 is 0.900 bits per heavy atom. The Morgan fingerprint density at radius 3 is 2.20 bits per heavy atom. The van der Waals surface area contributed by atoms with E-state index in [4.69, 9.17) is 11.6 Å². The van der Waals surface area contributed by atoms with E-state index in [1.807, 2.05) is 42.7 Å². The molecule has 3 rings (SSSR count). The van der Waals surface area contributed by atoms with Crippen molar-refractivity contribution < 1.29 is 0 Å². The molecule has 0 N–H and O–H groups in total. The fraction of sp³-hybridized carbons (Fsp3) is 0.0625. The van der Waals surface area contributed by atoms with Crippen LogP contribution in [0.15, 0.2) is 61.3 Å². The molecule has 0 aromatic carbocycles. The summed E-state index contributed by atoms with van der Waals surface area (Å²) in [6, 6.07) is 9.79. The van der Waals surface area contributed by atoms with Crippen LogP contribution in [-0.4, -0.2) is 15.0 Å². The van der Waals surface area contributed by atoms with Crippen molar-refractivity contribution in [2.45, 2.75) is 5.88 Å². The molecule has 0 saturated heterocycles. The highest BCUT2D eigenvalue weighted by atomic mass is 35.5. The zero-order valence-electron chi connectivity index (χ0n) is 10.7. The fourth-order valence-corrected chi connectivity index (χ4v) is 2.28. The van der Waals surface area contributed by atoms with Gasteiger partial charge in [-0.2, -0.15) is 0 Å². The second-order valence-corrected chi connectivity index (χ2v) is 4.61. The lowest BCUT2D eigenvalue weighted by atomic mass is 10.0. The SMILES string of the molecule is ClCc1cc(-c2cccnc2)ncc1-c1cccnc1. The number of pyridine rings is 3. The van der Waals surface area contributed by atoms with Gasteiger partial charge in [-0.3, -0.25) is 15.0 Å². The highest BCUT2D eigenvalue weighted by Crippen LogP contribution is 2.27. The Hall–Kier alpha value is -2.26. The van der Waals surface area contributed by atoms with Crippen LogP contribution in [0.2, 0.25) is 0 Å². The van der Waals surface area contributed by atoms with Crippen molar-refractivity contribution in [2.75, 3.05) is 0 Å². The second-order valence-electron chi connectivity index (χ2n) is 4.34. The molecule has 3 nitrogen and oxygen atoms in total. The molecule has 0 bridgehead atoms. The van der Waals surface area contributed by atoms with E-state index in [0.29, 0.717) is 5.88 Å². The summed E-state index contributed by atoms with van der Waals surface area (Å²) in [5.74, 6) is 0.431. The molecular formula is C16H12ClN3. The lowest BCUT2D eigenvalue weighted by molar-refractivity contribution is 1.24. The quantitative estimate of drug-likeness (QED) is 0.683. The molecule has 0 spiro atoms. The predicted octanol–water partition coefficient (Wildman–Crippen LogP) is 3.94. The van der Waals surface area contributed by atoms with Gasteiger partial charge < -0.3 is 0 Å². The molecule has 98 valence electrons. The third kappa shape index (κ3) is 2.53. The zero-order chi connectivity index (χ0) is 13.8. The maximum Gasteiger partial charge on any atom is 0.0721 e. The van der Waals surface area contributed by atoms with Crippen molar-refractivity contribution in [2.24, 2.45) is 0 Å². The maximum atomic E-state index is 6.08. The molecule has 3 aromatic heterocycles. The average molecular weight is 282 g/mol. The molecule has 3 aromatic rings. The molecule has 4 heteroatoms. The molecular weight excluding hydrogens is 270 g/mol. The van der Waals surface area contributed by atoms with Gasteiger partial charge in [0.25, 0.3) is 0 Å². The van der Waals surface area contributed by atoms with Gasteiger partial charge in [0.05, 0.1) is 5.69 Å². The molecule has 0 unspecified atom stereocenters. The van der Waals surface area contributed by atoms with Gasteiger partial charge in [-0.15, -0.1) is 11.6 Å². The van der Waals surface area contributed by atoms with Crippen LogP contribution in [0.4, 0.5) is 0 Å². The normalized spacial score (nSPS) is 10.4. The van der Waals surface area contributed by atoms with Gasteiger partial charge in [-0.05, 0) is 29.8 Å². The maximum absolute atomic E-state index is 6.08. The van der Waals surface area contributed by atoms with Crippen LogP contribution in [0.25, 0.3) is 22.4 Å².